The minimum Gasteiger partial charge on any atom is -0.423 e. The lowest BCUT2D eigenvalue weighted by atomic mass is 10.0. The smallest absolute Gasteiger partial charge is 0.335 e. The maximum absolute atomic E-state index is 11.1. The van der Waals surface area contributed by atoms with Gasteiger partial charge in [-0.3, -0.25) is 0 Å². The summed E-state index contributed by atoms with van der Waals surface area (Å²) in [6.45, 7) is 5.56. The number of aryl methyl sites for hydroxylation is 1. The Balaban J connectivity index is 1.99. The first kappa shape index (κ1) is 15.0. The molecule has 0 radical (unpaired) electrons. The summed E-state index contributed by atoms with van der Waals surface area (Å²) in [5, 5.41) is 0. The van der Waals surface area contributed by atoms with E-state index in [2.05, 4.69) is 37.8 Å². The SMILES string of the molecule is C=CC(=O)Oc1ccc(Cc2ccc(CCC)cc2)cc1. The zero-order chi connectivity index (χ0) is 15.1. The van der Waals surface area contributed by atoms with E-state index in [-0.39, 0.29) is 0 Å². The quantitative estimate of drug-likeness (QED) is 0.447. The van der Waals surface area contributed by atoms with Gasteiger partial charge in [0.25, 0.3) is 0 Å². The summed E-state index contributed by atoms with van der Waals surface area (Å²) in [6, 6.07) is 16.3. The number of rotatable bonds is 6. The molecule has 0 bridgehead atoms. The Bertz CT molecular complexity index is 594. The maximum atomic E-state index is 11.1. The van der Waals surface area contributed by atoms with E-state index in [1.807, 2.05) is 24.3 Å². The molecule has 0 aromatic heterocycles. The lowest BCUT2D eigenvalue weighted by Gasteiger charge is -2.06. The lowest BCUT2D eigenvalue weighted by molar-refractivity contribution is -0.128. The molecule has 0 aliphatic heterocycles. The van der Waals surface area contributed by atoms with Crippen LogP contribution in [0.3, 0.4) is 0 Å². The average Bonchev–Trinajstić information content (AvgIpc) is 2.51. The van der Waals surface area contributed by atoms with Gasteiger partial charge in [-0.25, -0.2) is 4.79 Å². The summed E-state index contributed by atoms with van der Waals surface area (Å²) < 4.78 is 5.05. The fourth-order valence-corrected chi connectivity index (χ4v) is 2.18. The fourth-order valence-electron chi connectivity index (χ4n) is 2.18. The second-order valence-corrected chi connectivity index (χ2v) is 5.01. The predicted molar refractivity (Wildman–Crippen MR) is 85.5 cm³/mol. The van der Waals surface area contributed by atoms with E-state index < -0.39 is 5.97 Å². The second-order valence-electron chi connectivity index (χ2n) is 5.01. The molecule has 0 fully saturated rings. The van der Waals surface area contributed by atoms with Gasteiger partial charge in [-0.05, 0) is 41.7 Å². The van der Waals surface area contributed by atoms with E-state index in [4.69, 9.17) is 4.74 Å². The topological polar surface area (TPSA) is 26.3 Å². The Morgan fingerprint density at radius 3 is 2.05 bits per heavy atom. The molecular formula is C19H20O2. The van der Waals surface area contributed by atoms with E-state index in [0.29, 0.717) is 5.75 Å². The Morgan fingerprint density at radius 1 is 1.00 bits per heavy atom. The summed E-state index contributed by atoms with van der Waals surface area (Å²) in [7, 11) is 0. The molecule has 0 N–H and O–H groups in total. The van der Waals surface area contributed by atoms with Crippen molar-refractivity contribution in [3.8, 4) is 5.75 Å². The number of carbonyl (C=O) groups excluding carboxylic acids is 1. The number of hydrogen-bond donors (Lipinski definition) is 0. The van der Waals surface area contributed by atoms with Crippen LogP contribution >= 0.6 is 0 Å². The highest BCUT2D eigenvalue weighted by molar-refractivity contribution is 5.83. The highest BCUT2D eigenvalue weighted by Gasteiger charge is 2.01. The van der Waals surface area contributed by atoms with Crippen LogP contribution in [-0.2, 0) is 17.6 Å². The van der Waals surface area contributed by atoms with E-state index in [9.17, 15) is 4.79 Å². The Morgan fingerprint density at radius 2 is 1.52 bits per heavy atom. The van der Waals surface area contributed by atoms with Crippen LogP contribution in [0.25, 0.3) is 0 Å². The molecule has 2 aromatic carbocycles. The molecule has 0 unspecified atom stereocenters. The molecule has 0 amide bonds. The normalized spacial score (nSPS) is 10.1. The first-order valence-electron chi connectivity index (χ1n) is 7.22. The summed E-state index contributed by atoms with van der Waals surface area (Å²) in [6.07, 6.45) is 4.34. The van der Waals surface area contributed by atoms with Crippen molar-refractivity contribution in [2.24, 2.45) is 0 Å². The number of esters is 1. The van der Waals surface area contributed by atoms with Crippen LogP contribution in [0.15, 0.2) is 61.2 Å². The molecule has 0 aliphatic rings. The van der Waals surface area contributed by atoms with Crippen LogP contribution in [0.2, 0.25) is 0 Å². The predicted octanol–water partition coefficient (Wildman–Crippen LogP) is 4.32. The van der Waals surface area contributed by atoms with Gasteiger partial charge < -0.3 is 4.74 Å². The summed E-state index contributed by atoms with van der Waals surface area (Å²) >= 11 is 0. The molecule has 21 heavy (non-hydrogen) atoms. The zero-order valence-corrected chi connectivity index (χ0v) is 12.3. The molecule has 2 heteroatoms. The fraction of sp³-hybridized carbons (Fsp3) is 0.211. The maximum Gasteiger partial charge on any atom is 0.335 e. The summed E-state index contributed by atoms with van der Waals surface area (Å²) in [5.74, 6) is 0.108. The standard InChI is InChI=1S/C19H20O2/c1-3-5-15-6-8-16(9-7-15)14-17-10-12-18(13-11-17)21-19(20)4-2/h4,6-13H,2-3,5,14H2,1H3. The van der Waals surface area contributed by atoms with Gasteiger partial charge in [-0.15, -0.1) is 0 Å². The highest BCUT2D eigenvalue weighted by atomic mass is 16.5. The number of hydrogen-bond acceptors (Lipinski definition) is 2. The van der Waals surface area contributed by atoms with Gasteiger partial charge in [-0.2, -0.15) is 0 Å². The number of carbonyl (C=O) groups is 1. The summed E-state index contributed by atoms with van der Waals surface area (Å²) in [4.78, 5) is 11.1. The molecule has 0 saturated carbocycles. The van der Waals surface area contributed by atoms with Crippen LogP contribution in [0.1, 0.15) is 30.0 Å². The van der Waals surface area contributed by atoms with Crippen LogP contribution < -0.4 is 4.74 Å². The Labute approximate surface area is 126 Å². The third-order valence-corrected chi connectivity index (χ3v) is 3.28. The van der Waals surface area contributed by atoms with Crippen LogP contribution in [0, 0.1) is 0 Å². The van der Waals surface area contributed by atoms with Crippen molar-refractivity contribution in [3.05, 3.63) is 77.9 Å². The minimum absolute atomic E-state index is 0.436. The van der Waals surface area contributed by atoms with Crippen molar-refractivity contribution in [3.63, 3.8) is 0 Å². The number of ether oxygens (including phenoxy) is 1. The van der Waals surface area contributed by atoms with Crippen molar-refractivity contribution >= 4 is 5.97 Å². The highest BCUT2D eigenvalue weighted by Crippen LogP contribution is 2.16. The first-order valence-corrected chi connectivity index (χ1v) is 7.22. The van der Waals surface area contributed by atoms with Crippen molar-refractivity contribution in [2.45, 2.75) is 26.2 Å². The minimum atomic E-state index is -0.436. The molecular weight excluding hydrogens is 260 g/mol. The van der Waals surface area contributed by atoms with Gasteiger partial charge in [0.1, 0.15) is 5.75 Å². The molecule has 0 heterocycles. The van der Waals surface area contributed by atoms with Gasteiger partial charge in [0.15, 0.2) is 0 Å². The van der Waals surface area contributed by atoms with Gasteiger partial charge in [-0.1, -0.05) is 56.3 Å². The van der Waals surface area contributed by atoms with E-state index in [1.165, 1.54) is 23.1 Å². The third-order valence-electron chi connectivity index (χ3n) is 3.28. The lowest BCUT2D eigenvalue weighted by Crippen LogP contribution is -2.02. The van der Waals surface area contributed by atoms with Gasteiger partial charge in [0.2, 0.25) is 0 Å². The van der Waals surface area contributed by atoms with E-state index in [1.54, 1.807) is 0 Å². The van der Waals surface area contributed by atoms with Gasteiger partial charge in [0.05, 0.1) is 0 Å². The molecule has 0 atom stereocenters. The molecule has 0 aliphatic carbocycles. The molecule has 2 aromatic rings. The molecule has 2 rings (SSSR count). The van der Waals surface area contributed by atoms with Crippen LogP contribution in [-0.4, -0.2) is 5.97 Å². The first-order chi connectivity index (χ1) is 10.2. The van der Waals surface area contributed by atoms with Crippen LogP contribution in [0.5, 0.6) is 5.75 Å². The summed E-state index contributed by atoms with van der Waals surface area (Å²) in [5.41, 5.74) is 3.86. The zero-order valence-electron chi connectivity index (χ0n) is 12.3. The van der Waals surface area contributed by atoms with Crippen molar-refractivity contribution in [1.29, 1.82) is 0 Å². The molecule has 2 nitrogen and oxygen atoms in total. The Hall–Kier alpha value is -2.35. The van der Waals surface area contributed by atoms with Crippen LogP contribution in [0.4, 0.5) is 0 Å². The van der Waals surface area contributed by atoms with E-state index >= 15 is 0 Å². The van der Waals surface area contributed by atoms with Crippen molar-refractivity contribution in [2.75, 3.05) is 0 Å². The largest absolute Gasteiger partial charge is 0.423 e. The second kappa shape index (κ2) is 7.44. The average molecular weight is 280 g/mol. The molecule has 108 valence electrons. The Kier molecular flexibility index (Phi) is 5.33. The van der Waals surface area contributed by atoms with Gasteiger partial charge in [0, 0.05) is 6.08 Å². The number of benzene rings is 2. The monoisotopic (exact) mass is 280 g/mol. The molecule has 0 saturated heterocycles. The van der Waals surface area contributed by atoms with Crippen molar-refractivity contribution < 1.29 is 9.53 Å². The van der Waals surface area contributed by atoms with Gasteiger partial charge >= 0.3 is 5.97 Å². The van der Waals surface area contributed by atoms with Crippen molar-refractivity contribution in [1.82, 2.24) is 0 Å². The third kappa shape index (κ3) is 4.60. The van der Waals surface area contributed by atoms with E-state index in [0.717, 1.165) is 18.9 Å². The molecule has 0 spiro atoms.